The van der Waals surface area contributed by atoms with Crippen molar-refractivity contribution in [2.24, 2.45) is 0 Å². The van der Waals surface area contributed by atoms with Gasteiger partial charge in [-0.3, -0.25) is 4.21 Å². The molecule has 0 radical (unpaired) electrons. The second kappa shape index (κ2) is 4.86. The highest BCUT2D eigenvalue weighted by atomic mass is 32.2. The first-order valence-electron chi connectivity index (χ1n) is 6.05. The number of fused-ring (bicyclic) bond motifs is 1. The quantitative estimate of drug-likeness (QED) is 0.907. The highest BCUT2D eigenvalue weighted by Crippen LogP contribution is 2.25. The van der Waals surface area contributed by atoms with Crippen molar-refractivity contribution in [3.8, 4) is 11.3 Å². The molecule has 1 unspecified atom stereocenters. The Balaban J connectivity index is 2.08. The summed E-state index contributed by atoms with van der Waals surface area (Å²) in [5, 5.41) is 3.22. The molecule has 1 N–H and O–H groups in total. The summed E-state index contributed by atoms with van der Waals surface area (Å²) in [6.45, 7) is 2.43. The molecule has 1 aliphatic rings. The summed E-state index contributed by atoms with van der Waals surface area (Å²) < 4.78 is 27.4. The van der Waals surface area contributed by atoms with Crippen molar-refractivity contribution >= 4 is 10.8 Å². The van der Waals surface area contributed by atoms with Crippen molar-refractivity contribution in [1.29, 1.82) is 0 Å². The largest absolute Gasteiger partial charge is 0.332 e. The monoisotopic (exact) mass is 279 g/mol. The average Bonchev–Trinajstić information content (AvgIpc) is 2.82. The SMILES string of the molecule is CS(=O)c1ccc(F)c(-c2cn3c(n2)CNCC3)c1. The number of aromatic nitrogens is 2. The molecule has 1 aromatic carbocycles. The third-order valence-electron chi connectivity index (χ3n) is 3.22. The Morgan fingerprint density at radius 3 is 3.05 bits per heavy atom. The van der Waals surface area contributed by atoms with Crippen molar-refractivity contribution in [1.82, 2.24) is 14.9 Å². The van der Waals surface area contributed by atoms with Crippen molar-refractivity contribution in [2.75, 3.05) is 12.8 Å². The van der Waals surface area contributed by atoms with Gasteiger partial charge >= 0.3 is 0 Å². The first-order valence-corrected chi connectivity index (χ1v) is 7.61. The standard InChI is InChI=1S/C13H14FN3OS/c1-19(18)9-2-3-11(14)10(6-9)12-8-17-5-4-15-7-13(17)16-12/h2-3,6,8,15H,4-5,7H2,1H3. The van der Waals surface area contributed by atoms with Gasteiger partial charge in [0, 0.05) is 46.8 Å². The van der Waals surface area contributed by atoms with Crippen LogP contribution in [0.2, 0.25) is 0 Å². The normalized spacial score (nSPS) is 16.1. The number of nitrogens with zero attached hydrogens (tertiary/aromatic N) is 2. The molecule has 0 fully saturated rings. The van der Waals surface area contributed by atoms with Crippen LogP contribution in [0.15, 0.2) is 29.3 Å². The number of benzene rings is 1. The molecular formula is C13H14FN3OS. The molecule has 1 aliphatic heterocycles. The molecule has 0 bridgehead atoms. The summed E-state index contributed by atoms with van der Waals surface area (Å²) in [7, 11) is -1.12. The lowest BCUT2D eigenvalue weighted by Gasteiger charge is -2.13. The minimum absolute atomic E-state index is 0.336. The Morgan fingerprint density at radius 2 is 2.32 bits per heavy atom. The van der Waals surface area contributed by atoms with Crippen LogP contribution in [-0.4, -0.2) is 26.6 Å². The van der Waals surface area contributed by atoms with E-state index in [9.17, 15) is 8.60 Å². The number of nitrogens with one attached hydrogen (secondary N) is 1. The van der Waals surface area contributed by atoms with E-state index in [2.05, 4.69) is 10.3 Å². The van der Waals surface area contributed by atoms with Crippen LogP contribution >= 0.6 is 0 Å². The molecule has 2 aromatic rings. The topological polar surface area (TPSA) is 46.9 Å². The van der Waals surface area contributed by atoms with E-state index in [4.69, 9.17) is 0 Å². The predicted molar refractivity (Wildman–Crippen MR) is 71.7 cm³/mol. The minimum Gasteiger partial charge on any atom is -0.332 e. The molecule has 1 atom stereocenters. The van der Waals surface area contributed by atoms with Crippen molar-refractivity contribution in [3.63, 3.8) is 0 Å². The molecule has 100 valence electrons. The van der Waals surface area contributed by atoms with Crippen molar-refractivity contribution in [2.45, 2.75) is 18.0 Å². The molecule has 4 nitrogen and oxygen atoms in total. The summed E-state index contributed by atoms with van der Waals surface area (Å²) in [6.07, 6.45) is 3.44. The van der Waals surface area contributed by atoms with Gasteiger partial charge in [-0.2, -0.15) is 0 Å². The van der Waals surface area contributed by atoms with Crippen LogP contribution < -0.4 is 5.32 Å². The van der Waals surface area contributed by atoms with Crippen LogP contribution in [0.4, 0.5) is 4.39 Å². The van der Waals surface area contributed by atoms with Gasteiger partial charge in [-0.05, 0) is 18.2 Å². The Bertz CT molecular complexity index is 630. The third-order valence-corrected chi connectivity index (χ3v) is 4.14. The van der Waals surface area contributed by atoms with Gasteiger partial charge in [-0.25, -0.2) is 9.37 Å². The van der Waals surface area contributed by atoms with E-state index in [1.165, 1.54) is 6.07 Å². The summed E-state index contributed by atoms with van der Waals surface area (Å²) in [5.41, 5.74) is 1.01. The Morgan fingerprint density at radius 1 is 1.47 bits per heavy atom. The van der Waals surface area contributed by atoms with Crippen LogP contribution in [0, 0.1) is 5.82 Å². The lowest BCUT2D eigenvalue weighted by molar-refractivity contribution is 0.505. The highest BCUT2D eigenvalue weighted by Gasteiger charge is 2.16. The maximum Gasteiger partial charge on any atom is 0.132 e. The molecule has 0 saturated heterocycles. The fourth-order valence-corrected chi connectivity index (χ4v) is 2.74. The fourth-order valence-electron chi connectivity index (χ4n) is 2.20. The van der Waals surface area contributed by atoms with Crippen LogP contribution in [0.5, 0.6) is 0 Å². The van der Waals surface area contributed by atoms with Gasteiger partial charge in [0.05, 0.1) is 12.2 Å². The average molecular weight is 279 g/mol. The van der Waals surface area contributed by atoms with Crippen LogP contribution in [0.3, 0.4) is 0 Å². The maximum absolute atomic E-state index is 13.9. The molecular weight excluding hydrogens is 265 g/mol. The molecule has 0 amide bonds. The van der Waals surface area contributed by atoms with Gasteiger partial charge in [-0.1, -0.05) is 0 Å². The Kier molecular flexibility index (Phi) is 3.20. The third kappa shape index (κ3) is 2.33. The first-order chi connectivity index (χ1) is 9.15. The van der Waals surface area contributed by atoms with E-state index < -0.39 is 10.8 Å². The smallest absolute Gasteiger partial charge is 0.132 e. The predicted octanol–water partition coefficient (Wildman–Crippen LogP) is 1.53. The summed E-state index contributed by atoms with van der Waals surface area (Å²) in [5.74, 6) is 0.571. The van der Waals surface area contributed by atoms with E-state index in [1.54, 1.807) is 18.4 Å². The fraction of sp³-hybridized carbons (Fsp3) is 0.308. The Hall–Kier alpha value is -1.53. The lowest BCUT2D eigenvalue weighted by Crippen LogP contribution is -2.27. The summed E-state index contributed by atoms with van der Waals surface area (Å²) >= 11 is 0. The molecule has 0 spiro atoms. The summed E-state index contributed by atoms with van der Waals surface area (Å²) in [6, 6.07) is 4.52. The molecule has 1 aromatic heterocycles. The summed E-state index contributed by atoms with van der Waals surface area (Å²) in [4.78, 5) is 5.06. The molecule has 6 heteroatoms. The maximum atomic E-state index is 13.9. The van der Waals surface area contributed by atoms with E-state index in [-0.39, 0.29) is 5.82 Å². The number of rotatable bonds is 2. The zero-order valence-electron chi connectivity index (χ0n) is 10.5. The van der Waals surface area contributed by atoms with E-state index >= 15 is 0 Å². The Labute approximate surface area is 113 Å². The van der Waals surface area contributed by atoms with E-state index in [1.807, 2.05) is 10.8 Å². The first kappa shape index (κ1) is 12.5. The zero-order chi connectivity index (χ0) is 13.4. The number of hydrogen-bond acceptors (Lipinski definition) is 3. The lowest BCUT2D eigenvalue weighted by atomic mass is 10.1. The van der Waals surface area contributed by atoms with Crippen LogP contribution in [-0.2, 0) is 23.9 Å². The number of halogens is 1. The van der Waals surface area contributed by atoms with E-state index in [0.717, 1.165) is 18.9 Å². The second-order valence-corrected chi connectivity index (χ2v) is 5.89. The van der Waals surface area contributed by atoms with Gasteiger partial charge in [-0.15, -0.1) is 0 Å². The van der Waals surface area contributed by atoms with E-state index in [0.29, 0.717) is 22.7 Å². The highest BCUT2D eigenvalue weighted by molar-refractivity contribution is 7.84. The van der Waals surface area contributed by atoms with Crippen molar-refractivity contribution in [3.05, 3.63) is 36.0 Å². The van der Waals surface area contributed by atoms with Crippen LogP contribution in [0.1, 0.15) is 5.82 Å². The molecule has 0 aliphatic carbocycles. The molecule has 0 saturated carbocycles. The zero-order valence-corrected chi connectivity index (χ0v) is 11.3. The molecule has 2 heterocycles. The van der Waals surface area contributed by atoms with Gasteiger partial charge < -0.3 is 9.88 Å². The van der Waals surface area contributed by atoms with Crippen LogP contribution in [0.25, 0.3) is 11.3 Å². The van der Waals surface area contributed by atoms with Crippen molar-refractivity contribution < 1.29 is 8.60 Å². The van der Waals surface area contributed by atoms with Gasteiger partial charge in [0.25, 0.3) is 0 Å². The minimum atomic E-state index is -1.12. The van der Waals surface area contributed by atoms with Gasteiger partial charge in [0.15, 0.2) is 0 Å². The van der Waals surface area contributed by atoms with Gasteiger partial charge in [0.2, 0.25) is 0 Å². The number of hydrogen-bond donors (Lipinski definition) is 1. The molecule has 19 heavy (non-hydrogen) atoms. The van der Waals surface area contributed by atoms with Gasteiger partial charge in [0.1, 0.15) is 11.6 Å². The number of imidazole rings is 1. The second-order valence-electron chi connectivity index (χ2n) is 4.51. The molecule has 3 rings (SSSR count).